The second-order valence-corrected chi connectivity index (χ2v) is 11.5. The van der Waals surface area contributed by atoms with E-state index in [9.17, 15) is 9.47 Å². The highest BCUT2D eigenvalue weighted by molar-refractivity contribution is 8.10. The third kappa shape index (κ3) is 4.32. The maximum Gasteiger partial charge on any atom is 0.181 e. The Bertz CT molecular complexity index is 1210. The van der Waals surface area contributed by atoms with Crippen LogP contribution in [0.5, 0.6) is 0 Å². The Kier molecular flexibility index (Phi) is 6.26. The molecule has 0 N–H and O–H groups in total. The van der Waals surface area contributed by atoms with Gasteiger partial charge in [-0.25, -0.2) is 9.97 Å². The van der Waals surface area contributed by atoms with Gasteiger partial charge < -0.3 is 4.74 Å². The van der Waals surface area contributed by atoms with E-state index >= 15 is 0 Å². The van der Waals surface area contributed by atoms with Crippen molar-refractivity contribution in [3.8, 4) is 17.3 Å². The van der Waals surface area contributed by atoms with E-state index < -0.39 is 10.8 Å². The molecule has 2 fully saturated rings. The van der Waals surface area contributed by atoms with Crippen molar-refractivity contribution < 1.29 is 8.95 Å². The smallest absolute Gasteiger partial charge is 0.181 e. The summed E-state index contributed by atoms with van der Waals surface area (Å²) in [4.78, 5) is 9.36. The number of nitriles is 1. The van der Waals surface area contributed by atoms with E-state index in [1.165, 1.54) is 11.8 Å². The van der Waals surface area contributed by atoms with Gasteiger partial charge in [-0.3, -0.25) is 8.89 Å². The Morgan fingerprint density at radius 2 is 2.09 bits per heavy atom. The first-order valence-corrected chi connectivity index (χ1v) is 13.3. The van der Waals surface area contributed by atoms with Gasteiger partial charge in [0.15, 0.2) is 5.65 Å². The van der Waals surface area contributed by atoms with Crippen molar-refractivity contribution in [3.05, 3.63) is 35.7 Å². The van der Waals surface area contributed by atoms with Crippen LogP contribution >= 0.6 is 11.8 Å². The van der Waals surface area contributed by atoms with Gasteiger partial charge in [0.2, 0.25) is 0 Å². The maximum atomic E-state index is 12.6. The lowest BCUT2D eigenvalue weighted by Crippen LogP contribution is -2.24. The van der Waals surface area contributed by atoms with Crippen molar-refractivity contribution in [1.29, 1.82) is 5.26 Å². The van der Waals surface area contributed by atoms with Crippen LogP contribution in [0.15, 0.2) is 29.6 Å². The lowest BCUT2D eigenvalue weighted by Gasteiger charge is -2.25. The Morgan fingerprint density at radius 3 is 2.81 bits per heavy atom. The number of pyridine rings is 2. The van der Waals surface area contributed by atoms with Crippen molar-refractivity contribution in [1.82, 2.24) is 19.7 Å². The van der Waals surface area contributed by atoms with Gasteiger partial charge in [-0.05, 0) is 49.3 Å². The predicted molar refractivity (Wildman–Crippen MR) is 126 cm³/mol. The molecule has 0 spiro atoms. The molecule has 0 radical (unpaired) electrons. The summed E-state index contributed by atoms with van der Waals surface area (Å²) >= 11 is 1.45. The van der Waals surface area contributed by atoms with Crippen LogP contribution in [0, 0.1) is 11.3 Å². The first kappa shape index (κ1) is 21.6. The van der Waals surface area contributed by atoms with Gasteiger partial charge in [0, 0.05) is 59.7 Å². The summed E-state index contributed by atoms with van der Waals surface area (Å²) in [5, 5.41) is 16.8. The van der Waals surface area contributed by atoms with Crippen molar-refractivity contribution >= 4 is 33.6 Å². The first-order valence-electron chi connectivity index (χ1n) is 10.9. The molecule has 3 aromatic rings. The Hall–Kier alpha value is -2.28. The van der Waals surface area contributed by atoms with Gasteiger partial charge in [-0.2, -0.15) is 10.4 Å². The predicted octanol–water partition coefficient (Wildman–Crippen LogP) is 4.15. The largest absolute Gasteiger partial charge is 0.381 e. The topological polar surface area (TPSA) is 93.7 Å². The van der Waals surface area contributed by atoms with Gasteiger partial charge in [0.1, 0.15) is 11.1 Å². The first-order chi connectivity index (χ1) is 15.6. The normalized spacial score (nSPS) is 18.4. The van der Waals surface area contributed by atoms with Crippen LogP contribution in [0.1, 0.15) is 49.1 Å². The number of hydrogen-bond donors (Lipinski definition) is 0. The van der Waals surface area contributed by atoms with E-state index in [4.69, 9.17) is 9.72 Å². The fraction of sp³-hybridized carbons (Fsp3) is 0.478. The van der Waals surface area contributed by atoms with Crippen LogP contribution in [0.3, 0.4) is 0 Å². The third-order valence-corrected chi connectivity index (χ3v) is 9.48. The summed E-state index contributed by atoms with van der Waals surface area (Å²) in [5.41, 5.74) is 4.02. The molecule has 32 heavy (non-hydrogen) atoms. The maximum absolute atomic E-state index is 12.6. The molecule has 7 nitrogen and oxygen atoms in total. The lowest BCUT2D eigenvalue weighted by molar-refractivity contribution is 0.0852. The number of rotatable bonds is 6. The molecule has 1 atom stereocenters. The van der Waals surface area contributed by atoms with Crippen LogP contribution in [0.4, 0.5) is 0 Å². The van der Waals surface area contributed by atoms with E-state index in [0.29, 0.717) is 39.8 Å². The fourth-order valence-corrected chi connectivity index (χ4v) is 7.26. The van der Waals surface area contributed by atoms with Crippen LogP contribution in [0.25, 0.3) is 22.3 Å². The van der Waals surface area contributed by atoms with Gasteiger partial charge in [0.05, 0.1) is 16.3 Å². The Labute approximate surface area is 194 Å². The van der Waals surface area contributed by atoms with Crippen molar-refractivity contribution in [3.63, 3.8) is 0 Å². The minimum Gasteiger partial charge on any atom is -0.381 e. The van der Waals surface area contributed by atoms with E-state index in [-0.39, 0.29) is 5.92 Å². The zero-order chi connectivity index (χ0) is 22.1. The molecule has 5 rings (SSSR count). The summed E-state index contributed by atoms with van der Waals surface area (Å²) in [6.07, 6.45) is 8.73. The number of aryl methyl sites for hydroxylation is 1. The molecule has 2 aliphatic rings. The summed E-state index contributed by atoms with van der Waals surface area (Å²) in [5.74, 6) is 0.256. The zero-order valence-corrected chi connectivity index (χ0v) is 19.6. The SMILES string of the molecule is Cn1cc2cc(-c3cc(C4CCOCC4)c(C#N)c(SCS(=O)C4CCC4)n3)cnc2n1. The number of fused-ring (bicyclic) bond motifs is 1. The van der Waals surface area contributed by atoms with Crippen LogP contribution in [-0.4, -0.2) is 47.5 Å². The number of thioether (sulfide) groups is 1. The summed E-state index contributed by atoms with van der Waals surface area (Å²) in [7, 11) is 0.980. The molecule has 3 aromatic heterocycles. The molecule has 166 valence electrons. The minimum atomic E-state index is -0.897. The lowest BCUT2D eigenvalue weighted by atomic mass is 9.88. The molecule has 0 aromatic carbocycles. The highest BCUT2D eigenvalue weighted by Crippen LogP contribution is 2.37. The summed E-state index contributed by atoms with van der Waals surface area (Å²) in [6.45, 7) is 1.40. The molecule has 1 aliphatic heterocycles. The number of aromatic nitrogens is 4. The quantitative estimate of drug-likeness (QED) is 0.503. The van der Waals surface area contributed by atoms with Crippen LogP contribution < -0.4 is 0 Å². The van der Waals surface area contributed by atoms with Crippen LogP contribution in [0.2, 0.25) is 0 Å². The zero-order valence-electron chi connectivity index (χ0n) is 18.0. The van der Waals surface area contributed by atoms with Gasteiger partial charge in [-0.15, -0.1) is 0 Å². The van der Waals surface area contributed by atoms with Crippen LogP contribution in [-0.2, 0) is 22.6 Å². The fourth-order valence-electron chi connectivity index (χ4n) is 4.25. The van der Waals surface area contributed by atoms with Crippen molar-refractivity contribution in [2.75, 3.05) is 18.3 Å². The Balaban J connectivity index is 1.55. The third-order valence-electron chi connectivity index (χ3n) is 6.29. The van der Waals surface area contributed by atoms with Crippen molar-refractivity contribution in [2.24, 2.45) is 7.05 Å². The highest BCUT2D eigenvalue weighted by atomic mass is 32.2. The second-order valence-electron chi connectivity index (χ2n) is 8.41. The molecule has 9 heteroatoms. The van der Waals surface area contributed by atoms with Gasteiger partial charge in [-0.1, -0.05) is 18.2 Å². The molecule has 4 heterocycles. The van der Waals surface area contributed by atoms with E-state index in [0.717, 1.165) is 54.3 Å². The molecule has 1 aliphatic carbocycles. The standard InChI is InChI=1S/C23H25N5O2S2/c1-28-13-17-9-16(12-25-22(17)27-28)21-10-19(15-5-7-30-8-6-15)20(11-24)23(26-21)31-14-32(29)18-3-2-4-18/h9-10,12-13,15,18H,2-8,14H2,1H3. The van der Waals surface area contributed by atoms with E-state index in [2.05, 4.69) is 16.2 Å². The average molecular weight is 468 g/mol. The summed E-state index contributed by atoms with van der Waals surface area (Å²) in [6, 6.07) is 6.48. The van der Waals surface area contributed by atoms with Gasteiger partial charge >= 0.3 is 0 Å². The average Bonchev–Trinajstić information content (AvgIpc) is 3.15. The minimum absolute atomic E-state index is 0.256. The molecular weight excluding hydrogens is 442 g/mol. The second kappa shape index (κ2) is 9.30. The molecule has 1 unspecified atom stereocenters. The monoisotopic (exact) mass is 467 g/mol. The Morgan fingerprint density at radius 1 is 1.28 bits per heavy atom. The molecule has 1 saturated heterocycles. The van der Waals surface area contributed by atoms with Crippen molar-refractivity contribution in [2.45, 2.75) is 48.3 Å². The number of nitrogens with zero attached hydrogens (tertiary/aromatic N) is 5. The molecular formula is C23H25N5O2S2. The van der Waals surface area contributed by atoms with Gasteiger partial charge in [0.25, 0.3) is 0 Å². The molecule has 1 saturated carbocycles. The van der Waals surface area contributed by atoms with E-state index in [1.807, 2.05) is 25.4 Å². The molecule has 0 bridgehead atoms. The number of ether oxygens (including phenoxy) is 1. The molecule has 0 amide bonds. The highest BCUT2D eigenvalue weighted by Gasteiger charge is 2.26. The van der Waals surface area contributed by atoms with E-state index in [1.54, 1.807) is 10.9 Å². The summed E-state index contributed by atoms with van der Waals surface area (Å²) < 4.78 is 19.9. The number of hydrogen-bond acceptors (Lipinski definition) is 7.